The van der Waals surface area contributed by atoms with E-state index in [9.17, 15) is 9.59 Å². The van der Waals surface area contributed by atoms with Gasteiger partial charge < -0.3 is 10.3 Å². The van der Waals surface area contributed by atoms with Crippen molar-refractivity contribution in [1.29, 1.82) is 0 Å². The number of unbranched alkanes of at least 4 members (excludes halogenated alkanes) is 2. The van der Waals surface area contributed by atoms with Crippen molar-refractivity contribution in [3.63, 3.8) is 0 Å². The average molecular weight is 642 g/mol. The standard InChI is InChI=1S/C20H21N3O2S.C8H18.2C4H10.C3H8/c1-5-6-7-17-14(3)22-10-18(17)19-11-26-20(23-19)13(2)8-16(15(4)25)9-21-12-24;1-4-6-7-8(3)5-2;1-4(2)3;1-3-4-2;1-3-2/h5-12,22H,1H2,2-4H3,(H,21,24);8H,4-7H2,1-3H3;4H,1-3H3;3-4H2,1-2H3;3H2,1-2H3/b7-6-,13-8+,16-9+;;;;. The van der Waals surface area contributed by atoms with E-state index < -0.39 is 0 Å². The molecule has 0 fully saturated rings. The van der Waals surface area contributed by atoms with Gasteiger partial charge in [0.15, 0.2) is 5.78 Å². The Hall–Kier alpha value is -2.99. The number of carbonyl (C=O) groups is 2. The fraction of sp³-hybridized carbons (Fsp3) is 0.564. The van der Waals surface area contributed by atoms with Gasteiger partial charge in [-0.3, -0.25) is 9.59 Å². The van der Waals surface area contributed by atoms with Crippen LogP contribution in [0.15, 0.2) is 48.2 Å². The number of aromatic nitrogens is 2. The zero-order valence-corrected chi connectivity index (χ0v) is 31.9. The SMILES string of the molecule is C=C/C=C\c1c(-c2csc(/C(C)=C/C(=C\NC=O)C(C)=O)n2)c[nH]c1C.CC(C)C.CCC.CCCC.CCCCC(C)CC. The van der Waals surface area contributed by atoms with Crippen LogP contribution in [0.2, 0.25) is 0 Å². The molecule has 0 aliphatic carbocycles. The van der Waals surface area contributed by atoms with Gasteiger partial charge >= 0.3 is 0 Å². The first-order chi connectivity index (χ1) is 21.3. The van der Waals surface area contributed by atoms with Crippen molar-refractivity contribution in [1.82, 2.24) is 15.3 Å². The number of carbonyl (C=O) groups excluding carboxylic acids is 2. The third-order valence-electron chi connectivity index (χ3n) is 5.98. The highest BCUT2D eigenvalue weighted by Gasteiger charge is 2.13. The summed E-state index contributed by atoms with van der Waals surface area (Å²) < 4.78 is 0. The molecule has 0 spiro atoms. The van der Waals surface area contributed by atoms with Crippen molar-refractivity contribution in [3.8, 4) is 11.3 Å². The lowest BCUT2D eigenvalue weighted by atomic mass is 10.0. The Balaban J connectivity index is -0.000000758. The van der Waals surface area contributed by atoms with Crippen LogP contribution in [0.1, 0.15) is 144 Å². The number of Topliss-reactive ketones (excluding diaryl/α,β-unsaturated/α-hetero) is 1. The number of amides is 1. The molecule has 6 heteroatoms. The number of nitrogens with one attached hydrogen (secondary N) is 2. The van der Waals surface area contributed by atoms with Crippen molar-refractivity contribution < 1.29 is 9.59 Å². The summed E-state index contributed by atoms with van der Waals surface area (Å²) in [6.45, 7) is 31.0. The second-order valence-electron chi connectivity index (χ2n) is 11.7. The normalized spacial score (nSPS) is 11.5. The van der Waals surface area contributed by atoms with Gasteiger partial charge in [0.05, 0.1) is 5.69 Å². The topological polar surface area (TPSA) is 74.8 Å². The van der Waals surface area contributed by atoms with E-state index in [-0.39, 0.29) is 5.78 Å². The number of ketones is 1. The van der Waals surface area contributed by atoms with Crippen LogP contribution in [0, 0.1) is 18.8 Å². The van der Waals surface area contributed by atoms with Gasteiger partial charge in [0.2, 0.25) is 6.41 Å². The fourth-order valence-electron chi connectivity index (χ4n) is 3.13. The van der Waals surface area contributed by atoms with Gasteiger partial charge in [-0.25, -0.2) is 4.98 Å². The van der Waals surface area contributed by atoms with E-state index in [4.69, 9.17) is 4.98 Å². The number of hydrogen-bond donors (Lipinski definition) is 2. The molecule has 0 radical (unpaired) electrons. The van der Waals surface area contributed by atoms with Crippen LogP contribution in [-0.4, -0.2) is 22.2 Å². The fourth-order valence-corrected chi connectivity index (χ4v) is 3.93. The summed E-state index contributed by atoms with van der Waals surface area (Å²) in [5.74, 6) is 1.66. The molecule has 2 aromatic heterocycles. The van der Waals surface area contributed by atoms with Gasteiger partial charge in [0, 0.05) is 40.2 Å². The smallest absolute Gasteiger partial charge is 0.211 e. The molecule has 0 aliphatic rings. The minimum absolute atomic E-state index is 0.131. The van der Waals surface area contributed by atoms with E-state index in [0.29, 0.717) is 12.0 Å². The van der Waals surface area contributed by atoms with Gasteiger partial charge in [-0.05, 0) is 44.3 Å². The number of H-pyrrole nitrogens is 1. The Kier molecular flexibility index (Phi) is 32.0. The molecule has 2 aromatic rings. The second-order valence-corrected chi connectivity index (χ2v) is 12.6. The maximum Gasteiger partial charge on any atom is 0.211 e. The van der Waals surface area contributed by atoms with Crippen LogP contribution in [0.3, 0.4) is 0 Å². The molecular weight excluding hydrogens is 575 g/mol. The molecule has 1 atom stereocenters. The quantitative estimate of drug-likeness (QED) is 0.130. The first-order valence-electron chi connectivity index (χ1n) is 16.9. The molecule has 5 nitrogen and oxygen atoms in total. The lowest BCUT2D eigenvalue weighted by Gasteiger charge is -2.04. The Morgan fingerprint density at radius 3 is 2.07 bits per heavy atom. The summed E-state index contributed by atoms with van der Waals surface area (Å²) >= 11 is 1.51. The van der Waals surface area contributed by atoms with E-state index in [0.717, 1.165) is 44.9 Å². The van der Waals surface area contributed by atoms with E-state index >= 15 is 0 Å². The minimum Gasteiger partial charge on any atom is -0.364 e. The predicted molar refractivity (Wildman–Crippen MR) is 204 cm³/mol. The summed E-state index contributed by atoms with van der Waals surface area (Å²) in [4.78, 5) is 30.0. The number of aromatic amines is 1. The molecule has 1 unspecified atom stereocenters. The summed E-state index contributed by atoms with van der Waals surface area (Å²) in [7, 11) is 0. The maximum absolute atomic E-state index is 11.7. The largest absolute Gasteiger partial charge is 0.364 e. The number of allylic oxidation sites excluding steroid dienone is 5. The van der Waals surface area contributed by atoms with E-state index in [1.54, 1.807) is 12.2 Å². The summed E-state index contributed by atoms with van der Waals surface area (Å²) in [6.07, 6.45) is 20.6. The molecule has 2 rings (SSSR count). The van der Waals surface area contributed by atoms with Crippen molar-refractivity contribution in [2.45, 2.75) is 135 Å². The number of hydrogen-bond acceptors (Lipinski definition) is 4. The molecule has 0 bridgehead atoms. The van der Waals surface area contributed by atoms with Crippen LogP contribution in [-0.2, 0) is 9.59 Å². The molecule has 1 amide bonds. The van der Waals surface area contributed by atoms with E-state index in [1.807, 2.05) is 37.6 Å². The van der Waals surface area contributed by atoms with E-state index in [1.165, 1.54) is 69.4 Å². The second kappa shape index (κ2) is 31.0. The zero-order valence-electron chi connectivity index (χ0n) is 31.1. The van der Waals surface area contributed by atoms with Crippen LogP contribution in [0.25, 0.3) is 22.9 Å². The van der Waals surface area contributed by atoms with E-state index in [2.05, 4.69) is 86.1 Å². The number of nitrogens with zero attached hydrogens (tertiary/aromatic N) is 1. The predicted octanol–water partition coefficient (Wildman–Crippen LogP) is 12.4. The Morgan fingerprint density at radius 2 is 1.62 bits per heavy atom. The van der Waals surface area contributed by atoms with Crippen molar-refractivity contribution in [3.05, 3.63) is 64.4 Å². The van der Waals surface area contributed by atoms with Crippen LogP contribution in [0.4, 0.5) is 0 Å². The highest BCUT2D eigenvalue weighted by atomic mass is 32.1. The molecule has 0 saturated carbocycles. The van der Waals surface area contributed by atoms with Gasteiger partial charge in [-0.2, -0.15) is 0 Å². The van der Waals surface area contributed by atoms with Crippen LogP contribution < -0.4 is 5.32 Å². The average Bonchev–Trinajstić information content (AvgIpc) is 3.64. The van der Waals surface area contributed by atoms with Crippen molar-refractivity contribution in [2.75, 3.05) is 0 Å². The minimum atomic E-state index is -0.131. The maximum atomic E-state index is 11.7. The molecular formula is C39H67N3O2S. The third-order valence-corrected chi connectivity index (χ3v) is 6.95. The summed E-state index contributed by atoms with van der Waals surface area (Å²) in [5, 5.41) is 5.21. The Bertz CT molecular complexity index is 1110. The molecule has 0 aliphatic heterocycles. The first-order valence-corrected chi connectivity index (χ1v) is 17.7. The van der Waals surface area contributed by atoms with Gasteiger partial charge in [-0.1, -0.05) is 139 Å². The Labute approximate surface area is 281 Å². The number of aryl methyl sites for hydroxylation is 1. The number of rotatable bonds is 13. The molecule has 2 heterocycles. The van der Waals surface area contributed by atoms with Crippen LogP contribution >= 0.6 is 11.3 Å². The van der Waals surface area contributed by atoms with Gasteiger partial charge in [0.25, 0.3) is 0 Å². The van der Waals surface area contributed by atoms with Gasteiger partial charge in [0.1, 0.15) is 5.01 Å². The Morgan fingerprint density at radius 1 is 1.04 bits per heavy atom. The van der Waals surface area contributed by atoms with Crippen molar-refractivity contribution >= 4 is 35.2 Å². The molecule has 256 valence electrons. The highest BCUT2D eigenvalue weighted by Crippen LogP contribution is 2.31. The van der Waals surface area contributed by atoms with Gasteiger partial charge in [-0.15, -0.1) is 11.3 Å². The summed E-state index contributed by atoms with van der Waals surface area (Å²) in [5.41, 5.74) is 5.28. The monoisotopic (exact) mass is 641 g/mol. The van der Waals surface area contributed by atoms with Crippen molar-refractivity contribution in [2.24, 2.45) is 11.8 Å². The summed E-state index contributed by atoms with van der Waals surface area (Å²) in [6, 6.07) is 0. The molecule has 2 N–H and O–H groups in total. The highest BCUT2D eigenvalue weighted by molar-refractivity contribution is 7.11. The third kappa shape index (κ3) is 25.0. The first kappa shape index (κ1) is 46.4. The zero-order chi connectivity index (χ0) is 35.2. The molecule has 45 heavy (non-hydrogen) atoms. The number of thiazole rings is 1. The lowest BCUT2D eigenvalue weighted by Crippen LogP contribution is -2.05. The van der Waals surface area contributed by atoms with Crippen LogP contribution in [0.5, 0.6) is 0 Å². The molecule has 0 saturated heterocycles. The lowest BCUT2D eigenvalue weighted by molar-refractivity contribution is -0.113. The molecule has 0 aromatic carbocycles.